The number of aliphatic imine (C=N–C) groups is 4. The van der Waals surface area contributed by atoms with Crippen molar-refractivity contribution in [2.75, 3.05) is 46.6 Å². The molecule has 4 aromatic rings. The number of nitrogens with one attached hydrogen (secondary N) is 2. The van der Waals surface area contributed by atoms with E-state index >= 15 is 0 Å². The van der Waals surface area contributed by atoms with Gasteiger partial charge in [0.15, 0.2) is 0 Å². The fourth-order valence-electron chi connectivity index (χ4n) is 8.10. The third-order valence-corrected chi connectivity index (χ3v) is 11.0. The van der Waals surface area contributed by atoms with Crippen molar-refractivity contribution in [3.8, 4) is 0 Å². The van der Waals surface area contributed by atoms with Gasteiger partial charge in [0.25, 0.3) is 0 Å². The number of allylic oxidation sites excluding steroid dienone is 2. The van der Waals surface area contributed by atoms with Crippen LogP contribution in [0.25, 0.3) is 5.70 Å². The van der Waals surface area contributed by atoms with Crippen molar-refractivity contribution in [3.05, 3.63) is 113 Å². The Bertz CT molecular complexity index is 2300. The molecule has 0 aliphatic carbocycles. The molecule has 2 N–H and O–H groups in total. The van der Waals surface area contributed by atoms with E-state index in [1.165, 1.54) is 12.8 Å². The van der Waals surface area contributed by atoms with E-state index in [1.54, 1.807) is 12.4 Å². The molecule has 7 heterocycles. The Balaban J connectivity index is 1.18. The maximum atomic E-state index is 14.5. The van der Waals surface area contributed by atoms with Gasteiger partial charge in [-0.1, -0.05) is 0 Å². The zero-order valence-corrected chi connectivity index (χ0v) is 31.9. The molecule has 2 aromatic carbocycles. The molecule has 5 aliphatic rings. The molecule has 290 valence electrons. The molecule has 9 rings (SSSR count). The maximum absolute atomic E-state index is 14.5. The normalized spacial score (nSPS) is 19.4. The number of halogens is 3. The molecule has 0 radical (unpaired) electrons. The molecule has 1 atom stereocenters. The number of nitrogens with zero attached hydrogens (tertiary/aromatic N) is 8. The first kappa shape index (κ1) is 36.5. The van der Waals surface area contributed by atoms with Gasteiger partial charge in [-0.05, 0) is 142 Å². The van der Waals surface area contributed by atoms with Crippen molar-refractivity contribution in [3.63, 3.8) is 0 Å². The van der Waals surface area contributed by atoms with Crippen molar-refractivity contribution >= 4 is 63.3 Å². The fraction of sp³-hybridized carbons (Fsp3) is 0.318. The van der Waals surface area contributed by atoms with E-state index in [0.717, 1.165) is 85.7 Å². The Morgan fingerprint density at radius 2 is 1.14 bits per heavy atom. The Hall–Kier alpha value is -6.11. The third-order valence-electron chi connectivity index (χ3n) is 11.0. The Morgan fingerprint density at radius 3 is 1.70 bits per heavy atom. The fourth-order valence-corrected chi connectivity index (χ4v) is 8.10. The summed E-state index contributed by atoms with van der Waals surface area (Å²) in [6.07, 6.45) is 9.41. The number of aryl methyl sites for hydroxylation is 2. The molecule has 13 heteroatoms. The molecule has 2 fully saturated rings. The number of amidine groups is 3. The summed E-state index contributed by atoms with van der Waals surface area (Å²) in [6, 6.07) is 20.0. The van der Waals surface area contributed by atoms with E-state index in [9.17, 15) is 13.2 Å². The Labute approximate surface area is 329 Å². The summed E-state index contributed by atoms with van der Waals surface area (Å²) in [5.41, 5.74) is 8.75. The van der Waals surface area contributed by atoms with Gasteiger partial charge in [-0.3, -0.25) is 0 Å². The SMILES string of the molecule is Cc1ccnc(Nc2cc(N3CCCCC3)ccc2C2=CC3=CC(c4ccc(N5CCCCC5)cc4Nc4cc(C)ccn4)=NC4=NC(C(F)(F)F)=NC(=N2)C34)c1. The minimum Gasteiger partial charge on any atom is -0.371 e. The minimum atomic E-state index is -4.81. The average Bonchev–Trinajstić information content (AvgIpc) is 3.21. The topological polar surface area (TPSA) is 106 Å². The van der Waals surface area contributed by atoms with Gasteiger partial charge in [0.2, 0.25) is 5.84 Å². The van der Waals surface area contributed by atoms with Crippen LogP contribution in [-0.2, 0) is 0 Å². The second-order valence-corrected chi connectivity index (χ2v) is 15.2. The van der Waals surface area contributed by atoms with E-state index < -0.39 is 17.9 Å². The number of anilines is 6. The van der Waals surface area contributed by atoms with E-state index in [0.29, 0.717) is 39.7 Å². The van der Waals surface area contributed by atoms with Crippen LogP contribution in [0.2, 0.25) is 0 Å². The average molecular weight is 769 g/mol. The summed E-state index contributed by atoms with van der Waals surface area (Å²) in [4.78, 5) is 31.5. The predicted octanol–water partition coefficient (Wildman–Crippen LogP) is 9.73. The quantitative estimate of drug-likeness (QED) is 0.185. The van der Waals surface area contributed by atoms with Gasteiger partial charge in [0.05, 0.1) is 22.8 Å². The lowest BCUT2D eigenvalue weighted by Gasteiger charge is -2.31. The number of aromatic nitrogens is 2. The van der Waals surface area contributed by atoms with Crippen molar-refractivity contribution in [1.29, 1.82) is 0 Å². The number of hydrogen-bond donors (Lipinski definition) is 2. The molecule has 10 nitrogen and oxygen atoms in total. The number of piperidine rings is 2. The van der Waals surface area contributed by atoms with Crippen LogP contribution in [0.1, 0.15) is 60.8 Å². The van der Waals surface area contributed by atoms with E-state index in [2.05, 4.69) is 64.7 Å². The first-order valence-corrected chi connectivity index (χ1v) is 19.7. The highest BCUT2D eigenvalue weighted by atomic mass is 19.4. The molecule has 1 unspecified atom stereocenters. The minimum absolute atomic E-state index is 0.00127. The highest BCUT2D eigenvalue weighted by Crippen LogP contribution is 2.41. The molecule has 2 saturated heterocycles. The van der Waals surface area contributed by atoms with Crippen LogP contribution in [0.5, 0.6) is 0 Å². The number of dihydropyridines is 1. The van der Waals surface area contributed by atoms with Gasteiger partial charge >= 0.3 is 6.18 Å². The van der Waals surface area contributed by atoms with Crippen LogP contribution in [0.3, 0.4) is 0 Å². The van der Waals surface area contributed by atoms with Crippen molar-refractivity contribution in [2.45, 2.75) is 58.5 Å². The number of hydrogen-bond acceptors (Lipinski definition) is 10. The van der Waals surface area contributed by atoms with Gasteiger partial charge in [-0.2, -0.15) is 13.2 Å². The monoisotopic (exact) mass is 768 g/mol. The summed E-state index contributed by atoms with van der Waals surface area (Å²) in [6.45, 7) is 7.82. The first-order valence-electron chi connectivity index (χ1n) is 19.7. The van der Waals surface area contributed by atoms with Crippen LogP contribution in [0.15, 0.2) is 111 Å². The molecule has 0 saturated carbocycles. The molecule has 0 spiro atoms. The molecular formula is C44H43F3N10. The van der Waals surface area contributed by atoms with E-state index in [1.807, 2.05) is 62.4 Å². The van der Waals surface area contributed by atoms with Crippen molar-refractivity contribution in [1.82, 2.24) is 9.97 Å². The maximum Gasteiger partial charge on any atom is 0.451 e. The lowest BCUT2D eigenvalue weighted by atomic mass is 9.86. The lowest BCUT2D eigenvalue weighted by Crippen LogP contribution is -2.37. The third kappa shape index (κ3) is 7.70. The smallest absolute Gasteiger partial charge is 0.371 e. The number of pyridine rings is 2. The number of rotatable bonds is 8. The molecule has 0 amide bonds. The largest absolute Gasteiger partial charge is 0.451 e. The molecule has 0 bridgehead atoms. The summed E-state index contributed by atoms with van der Waals surface area (Å²) >= 11 is 0. The summed E-state index contributed by atoms with van der Waals surface area (Å²) in [5, 5.41) is 7.01. The van der Waals surface area contributed by atoms with Crippen LogP contribution in [0, 0.1) is 19.8 Å². The number of alkyl halides is 3. The first-order chi connectivity index (χ1) is 27.6. The second kappa shape index (κ2) is 15.1. The lowest BCUT2D eigenvalue weighted by molar-refractivity contribution is -0.0596. The zero-order valence-electron chi connectivity index (χ0n) is 31.9. The molecule has 2 aromatic heterocycles. The zero-order chi connectivity index (χ0) is 39.1. The van der Waals surface area contributed by atoms with Gasteiger partial charge in [0.1, 0.15) is 29.2 Å². The van der Waals surface area contributed by atoms with Crippen molar-refractivity contribution in [2.24, 2.45) is 25.9 Å². The van der Waals surface area contributed by atoms with Gasteiger partial charge < -0.3 is 20.4 Å². The van der Waals surface area contributed by atoms with Crippen molar-refractivity contribution < 1.29 is 13.2 Å². The predicted molar refractivity (Wildman–Crippen MR) is 224 cm³/mol. The van der Waals surface area contributed by atoms with Crippen LogP contribution < -0.4 is 20.4 Å². The summed E-state index contributed by atoms with van der Waals surface area (Å²) < 4.78 is 43.4. The Morgan fingerprint density at radius 1 is 0.596 bits per heavy atom. The van der Waals surface area contributed by atoms with E-state index in [-0.39, 0.29) is 11.7 Å². The molecule has 5 aliphatic heterocycles. The Kier molecular flexibility index (Phi) is 9.67. The van der Waals surface area contributed by atoms with Gasteiger partial charge in [-0.15, -0.1) is 0 Å². The van der Waals surface area contributed by atoms with E-state index in [4.69, 9.17) is 9.98 Å². The molecular weight excluding hydrogens is 726 g/mol. The standard InChI is InChI=1S/C44H43F3N10/c1-27-13-15-48-38(21-27)50-36-25-30(56-17-5-3-6-18-56)9-11-32(36)34-23-29-24-35(53-42-40(29)41(52-34)54-43(55-42)44(45,46)47)33-12-10-31(57-19-7-4-8-20-57)26-37(33)51-39-22-28(2)14-16-49-39/h9-16,21-26,40H,3-8,17-20H2,1-2H3,(H,48,50)(H,49,51). The van der Waals surface area contributed by atoms with Gasteiger partial charge in [0, 0.05) is 61.1 Å². The van der Waals surface area contributed by atoms with Crippen LogP contribution in [-0.4, -0.2) is 65.5 Å². The highest BCUT2D eigenvalue weighted by molar-refractivity contribution is 6.29. The van der Waals surface area contributed by atoms with Gasteiger partial charge in [-0.25, -0.2) is 29.9 Å². The number of benzene rings is 2. The summed E-state index contributed by atoms with van der Waals surface area (Å²) in [5.74, 6) is -0.721. The van der Waals surface area contributed by atoms with Crippen LogP contribution >= 0.6 is 0 Å². The van der Waals surface area contributed by atoms with Crippen LogP contribution in [0.4, 0.5) is 47.6 Å². The molecule has 57 heavy (non-hydrogen) atoms. The highest BCUT2D eigenvalue weighted by Gasteiger charge is 2.44. The summed E-state index contributed by atoms with van der Waals surface area (Å²) in [7, 11) is 0. The second-order valence-electron chi connectivity index (χ2n) is 15.2.